The summed E-state index contributed by atoms with van der Waals surface area (Å²) in [5.41, 5.74) is 3.83. The molecule has 0 bridgehead atoms. The van der Waals surface area contributed by atoms with E-state index in [0.717, 1.165) is 43.1 Å². The van der Waals surface area contributed by atoms with Gasteiger partial charge in [-0.25, -0.2) is 0 Å². The summed E-state index contributed by atoms with van der Waals surface area (Å²) >= 11 is 0. The Labute approximate surface area is 136 Å². The molecule has 1 aromatic carbocycles. The first-order valence-electron chi connectivity index (χ1n) is 8.47. The molecule has 0 unspecified atom stereocenters. The zero-order chi connectivity index (χ0) is 16.0. The number of hydrogen-bond donors (Lipinski definition) is 3. The van der Waals surface area contributed by atoms with Gasteiger partial charge in [0.05, 0.1) is 19.8 Å². The van der Waals surface area contributed by atoms with Crippen molar-refractivity contribution < 1.29 is 9.84 Å². The molecule has 1 saturated heterocycles. The van der Waals surface area contributed by atoms with E-state index < -0.39 is 0 Å². The minimum atomic E-state index is -0.00533. The molecule has 2 aliphatic heterocycles. The summed E-state index contributed by atoms with van der Waals surface area (Å²) < 4.78 is 5.36. The highest BCUT2D eigenvalue weighted by molar-refractivity contribution is 5.88. The molecule has 2 aromatic rings. The molecular formula is C18H25N3O2. The van der Waals surface area contributed by atoms with Crippen LogP contribution < -0.4 is 10.1 Å². The molecule has 3 heterocycles. The van der Waals surface area contributed by atoms with Crippen LogP contribution >= 0.6 is 0 Å². The third-order valence-electron chi connectivity index (χ3n) is 5.38. The Kier molecular flexibility index (Phi) is 3.59. The predicted molar refractivity (Wildman–Crippen MR) is 91.1 cm³/mol. The van der Waals surface area contributed by atoms with Gasteiger partial charge < -0.3 is 25.0 Å². The number of fused-ring (bicyclic) bond motifs is 4. The van der Waals surface area contributed by atoms with Crippen LogP contribution in [0.2, 0.25) is 0 Å². The average molecular weight is 315 g/mol. The number of aromatic amines is 1. The predicted octanol–water partition coefficient (Wildman–Crippen LogP) is 1.78. The molecule has 0 saturated carbocycles. The van der Waals surface area contributed by atoms with Crippen molar-refractivity contribution in [3.63, 3.8) is 0 Å². The van der Waals surface area contributed by atoms with E-state index in [4.69, 9.17) is 4.74 Å². The topological polar surface area (TPSA) is 60.5 Å². The number of aromatic nitrogens is 1. The van der Waals surface area contributed by atoms with Gasteiger partial charge in [-0.05, 0) is 30.7 Å². The van der Waals surface area contributed by atoms with Crippen LogP contribution in [0.4, 0.5) is 0 Å². The number of ether oxygens (including phenoxy) is 1. The quantitative estimate of drug-likeness (QED) is 0.805. The van der Waals surface area contributed by atoms with Crippen molar-refractivity contribution in [1.82, 2.24) is 15.2 Å². The summed E-state index contributed by atoms with van der Waals surface area (Å²) in [5, 5.41) is 14.5. The minimum absolute atomic E-state index is 0.00533. The summed E-state index contributed by atoms with van der Waals surface area (Å²) in [6.45, 7) is 6.64. The number of nitrogens with zero attached hydrogens (tertiary/aromatic N) is 1. The number of aliphatic hydroxyl groups excluding tert-OH is 1. The third kappa shape index (κ3) is 2.18. The zero-order valence-electron chi connectivity index (χ0n) is 13.9. The number of methoxy groups -OCH3 is 1. The first-order chi connectivity index (χ1) is 11.2. The standard InChI is InChI=1S/C18H25N3O2/c1-3-6-21-10-18(11-21)9-19-15(8-22)17-16(18)13-5-4-12(23-2)7-14(13)20-17/h4-5,7,15,19-20,22H,3,6,8-11H2,1-2H3/t15-/m0/s1. The fraction of sp³-hybridized carbons (Fsp3) is 0.556. The van der Waals surface area contributed by atoms with Crippen LogP contribution in [0.15, 0.2) is 18.2 Å². The van der Waals surface area contributed by atoms with Gasteiger partial charge in [-0.1, -0.05) is 6.92 Å². The van der Waals surface area contributed by atoms with Crippen LogP contribution in [-0.2, 0) is 5.41 Å². The fourth-order valence-corrected chi connectivity index (χ4v) is 4.38. The molecule has 5 nitrogen and oxygen atoms in total. The van der Waals surface area contributed by atoms with Crippen molar-refractivity contribution in [2.45, 2.75) is 24.8 Å². The van der Waals surface area contributed by atoms with E-state index in [-0.39, 0.29) is 18.1 Å². The first-order valence-corrected chi connectivity index (χ1v) is 8.47. The maximum Gasteiger partial charge on any atom is 0.120 e. The van der Waals surface area contributed by atoms with Crippen LogP contribution in [0, 0.1) is 0 Å². The van der Waals surface area contributed by atoms with E-state index in [9.17, 15) is 5.11 Å². The molecule has 3 N–H and O–H groups in total. The van der Waals surface area contributed by atoms with Gasteiger partial charge >= 0.3 is 0 Å². The highest BCUT2D eigenvalue weighted by atomic mass is 16.5. The molecule has 1 aromatic heterocycles. The number of benzene rings is 1. The highest BCUT2D eigenvalue weighted by Gasteiger charge is 2.49. The lowest BCUT2D eigenvalue weighted by molar-refractivity contribution is 0.0518. The van der Waals surface area contributed by atoms with Gasteiger partial charge in [0.25, 0.3) is 0 Å². The number of hydrogen-bond acceptors (Lipinski definition) is 4. The average Bonchev–Trinajstić information content (AvgIpc) is 2.92. The number of likely N-dealkylation sites (tertiary alicyclic amines) is 1. The molecular weight excluding hydrogens is 290 g/mol. The molecule has 4 rings (SSSR count). The minimum Gasteiger partial charge on any atom is -0.497 e. The smallest absolute Gasteiger partial charge is 0.120 e. The lowest BCUT2D eigenvalue weighted by Crippen LogP contribution is -2.65. The normalized spacial score (nSPS) is 23.0. The second-order valence-corrected chi connectivity index (χ2v) is 6.93. The summed E-state index contributed by atoms with van der Waals surface area (Å²) in [5.74, 6) is 0.861. The largest absolute Gasteiger partial charge is 0.497 e. The van der Waals surface area contributed by atoms with Gasteiger partial charge in [-0.15, -0.1) is 0 Å². The van der Waals surface area contributed by atoms with Crippen LogP contribution in [0.3, 0.4) is 0 Å². The van der Waals surface area contributed by atoms with E-state index in [1.165, 1.54) is 17.4 Å². The van der Waals surface area contributed by atoms with Crippen LogP contribution in [0.25, 0.3) is 10.9 Å². The maximum absolute atomic E-state index is 9.74. The summed E-state index contributed by atoms with van der Waals surface area (Å²) in [7, 11) is 1.69. The lowest BCUT2D eigenvalue weighted by Gasteiger charge is -2.53. The van der Waals surface area contributed by atoms with E-state index in [1.54, 1.807) is 7.11 Å². The van der Waals surface area contributed by atoms with Crippen molar-refractivity contribution in [3.05, 3.63) is 29.5 Å². The zero-order valence-corrected chi connectivity index (χ0v) is 13.9. The molecule has 2 aliphatic rings. The molecule has 1 atom stereocenters. The Bertz CT molecular complexity index is 718. The number of aliphatic hydroxyl groups is 1. The molecule has 124 valence electrons. The van der Waals surface area contributed by atoms with Crippen molar-refractivity contribution >= 4 is 10.9 Å². The van der Waals surface area contributed by atoms with Gasteiger partial charge in [0.1, 0.15) is 5.75 Å². The third-order valence-corrected chi connectivity index (χ3v) is 5.38. The van der Waals surface area contributed by atoms with Crippen molar-refractivity contribution in [2.75, 3.05) is 39.9 Å². The Hall–Kier alpha value is -1.56. The molecule has 1 spiro atoms. The number of rotatable bonds is 4. The summed E-state index contributed by atoms with van der Waals surface area (Å²) in [4.78, 5) is 6.06. The van der Waals surface area contributed by atoms with E-state index in [0.29, 0.717) is 0 Å². The Morgan fingerprint density at radius 2 is 2.22 bits per heavy atom. The molecule has 0 radical (unpaired) electrons. The second kappa shape index (κ2) is 5.51. The van der Waals surface area contributed by atoms with Crippen LogP contribution in [-0.4, -0.2) is 54.9 Å². The maximum atomic E-state index is 9.74. The summed E-state index contributed by atoms with van der Waals surface area (Å²) in [6, 6.07) is 6.24. The number of nitrogens with one attached hydrogen (secondary N) is 2. The Balaban J connectivity index is 1.81. The fourth-order valence-electron chi connectivity index (χ4n) is 4.38. The number of H-pyrrole nitrogens is 1. The molecule has 0 aliphatic carbocycles. The van der Waals surface area contributed by atoms with Gasteiger partial charge in [0.2, 0.25) is 0 Å². The van der Waals surface area contributed by atoms with Gasteiger partial charge in [0, 0.05) is 47.7 Å². The molecule has 5 heteroatoms. The Morgan fingerprint density at radius 1 is 1.39 bits per heavy atom. The molecule has 1 fully saturated rings. The first kappa shape index (κ1) is 15.0. The van der Waals surface area contributed by atoms with Crippen LogP contribution in [0.1, 0.15) is 30.6 Å². The van der Waals surface area contributed by atoms with Gasteiger partial charge in [-0.2, -0.15) is 0 Å². The van der Waals surface area contributed by atoms with E-state index in [2.05, 4.69) is 34.3 Å². The van der Waals surface area contributed by atoms with Crippen molar-refractivity contribution in [2.24, 2.45) is 0 Å². The van der Waals surface area contributed by atoms with E-state index in [1.807, 2.05) is 6.07 Å². The second-order valence-electron chi connectivity index (χ2n) is 6.93. The lowest BCUT2D eigenvalue weighted by atomic mass is 9.69. The molecule has 23 heavy (non-hydrogen) atoms. The molecule has 0 amide bonds. The van der Waals surface area contributed by atoms with Gasteiger partial charge in [-0.3, -0.25) is 0 Å². The van der Waals surface area contributed by atoms with Crippen molar-refractivity contribution in [3.8, 4) is 5.75 Å². The summed E-state index contributed by atoms with van der Waals surface area (Å²) in [6.07, 6.45) is 1.20. The monoisotopic (exact) mass is 315 g/mol. The highest BCUT2D eigenvalue weighted by Crippen LogP contribution is 2.45. The van der Waals surface area contributed by atoms with Crippen molar-refractivity contribution in [1.29, 1.82) is 0 Å². The van der Waals surface area contributed by atoms with Gasteiger partial charge in [0.15, 0.2) is 0 Å². The SMILES string of the molecule is CCCN1CC2(CN[C@@H](CO)c3[nH]c4cc(OC)ccc4c32)C1. The van der Waals surface area contributed by atoms with E-state index >= 15 is 0 Å². The Morgan fingerprint density at radius 3 is 2.91 bits per heavy atom. The van der Waals surface area contributed by atoms with Crippen LogP contribution in [0.5, 0.6) is 5.75 Å².